The number of ether oxygens (including phenoxy) is 1. The number of rotatable bonds is 9. The van der Waals surface area contributed by atoms with Crippen molar-refractivity contribution in [3.8, 4) is 0 Å². The molecule has 0 aliphatic rings. The van der Waals surface area contributed by atoms with Gasteiger partial charge in [-0.3, -0.25) is 9.59 Å². The molecule has 0 spiro atoms. The molecule has 0 saturated carbocycles. The molecule has 0 aliphatic carbocycles. The Kier molecular flexibility index (Phi) is 8.58. The highest BCUT2D eigenvalue weighted by Gasteiger charge is 2.19. The molecule has 0 fully saturated rings. The maximum absolute atomic E-state index is 12.5. The first-order valence-electron chi connectivity index (χ1n) is 8.58. The summed E-state index contributed by atoms with van der Waals surface area (Å²) in [6.45, 7) is 9.47. The second kappa shape index (κ2) is 10.2. The van der Waals surface area contributed by atoms with Crippen LogP contribution in [0.2, 0.25) is 0 Å². The van der Waals surface area contributed by atoms with Gasteiger partial charge in [-0.2, -0.15) is 0 Å². The van der Waals surface area contributed by atoms with E-state index in [4.69, 9.17) is 4.74 Å². The SMILES string of the molecule is COCCNCCNC(=O)c1cccc(C(=O)N(C)CC(C)(C)C)c1. The highest BCUT2D eigenvalue weighted by Crippen LogP contribution is 2.16. The van der Waals surface area contributed by atoms with Crippen LogP contribution in [0, 0.1) is 5.41 Å². The minimum absolute atomic E-state index is 0.0230. The van der Waals surface area contributed by atoms with Crippen LogP contribution >= 0.6 is 0 Å². The standard InChI is InChI=1S/C19H31N3O3/c1-19(2,3)14-22(4)18(24)16-8-6-7-15(13-16)17(23)21-10-9-20-11-12-25-5/h6-8,13,20H,9-12,14H2,1-5H3,(H,21,23). The van der Waals surface area contributed by atoms with Crippen molar-refractivity contribution >= 4 is 11.8 Å². The summed E-state index contributed by atoms with van der Waals surface area (Å²) in [5, 5.41) is 6.00. The Bertz CT molecular complexity index is 567. The van der Waals surface area contributed by atoms with Crippen molar-refractivity contribution in [1.82, 2.24) is 15.5 Å². The van der Waals surface area contributed by atoms with E-state index in [-0.39, 0.29) is 17.2 Å². The van der Waals surface area contributed by atoms with E-state index in [0.29, 0.717) is 37.4 Å². The van der Waals surface area contributed by atoms with Crippen LogP contribution in [-0.2, 0) is 4.74 Å². The lowest BCUT2D eigenvalue weighted by Crippen LogP contribution is -2.35. The van der Waals surface area contributed by atoms with Gasteiger partial charge in [0.1, 0.15) is 0 Å². The summed E-state index contributed by atoms with van der Waals surface area (Å²) >= 11 is 0. The Morgan fingerprint density at radius 2 is 1.80 bits per heavy atom. The second-order valence-electron chi connectivity index (χ2n) is 7.30. The van der Waals surface area contributed by atoms with E-state index in [1.54, 1.807) is 43.3 Å². The molecule has 2 amide bonds. The van der Waals surface area contributed by atoms with E-state index in [2.05, 4.69) is 31.4 Å². The molecule has 1 aromatic rings. The van der Waals surface area contributed by atoms with E-state index >= 15 is 0 Å². The average Bonchev–Trinajstić information content (AvgIpc) is 2.55. The molecule has 6 nitrogen and oxygen atoms in total. The third-order valence-corrected chi connectivity index (χ3v) is 3.50. The number of nitrogens with zero attached hydrogens (tertiary/aromatic N) is 1. The summed E-state index contributed by atoms with van der Waals surface area (Å²) < 4.78 is 4.94. The molecule has 0 saturated heterocycles. The van der Waals surface area contributed by atoms with E-state index in [0.717, 1.165) is 6.54 Å². The van der Waals surface area contributed by atoms with Gasteiger partial charge in [0.25, 0.3) is 11.8 Å². The number of hydrogen-bond acceptors (Lipinski definition) is 4. The van der Waals surface area contributed by atoms with Gasteiger partial charge in [0, 0.05) is 51.5 Å². The number of nitrogens with one attached hydrogen (secondary N) is 2. The molecule has 25 heavy (non-hydrogen) atoms. The Hall–Kier alpha value is -1.92. The Morgan fingerprint density at radius 1 is 1.12 bits per heavy atom. The fourth-order valence-electron chi connectivity index (χ4n) is 2.46. The average molecular weight is 349 g/mol. The number of hydrogen-bond donors (Lipinski definition) is 2. The molecular weight excluding hydrogens is 318 g/mol. The maximum Gasteiger partial charge on any atom is 0.253 e. The zero-order chi connectivity index (χ0) is 18.9. The highest BCUT2D eigenvalue weighted by molar-refractivity contribution is 5.99. The molecule has 0 aromatic heterocycles. The predicted molar refractivity (Wildman–Crippen MR) is 99.9 cm³/mol. The normalized spacial score (nSPS) is 11.2. The van der Waals surface area contributed by atoms with Crippen molar-refractivity contribution in [2.45, 2.75) is 20.8 Å². The molecule has 6 heteroatoms. The van der Waals surface area contributed by atoms with Gasteiger partial charge in [-0.05, 0) is 23.6 Å². The van der Waals surface area contributed by atoms with E-state index in [1.165, 1.54) is 0 Å². The van der Waals surface area contributed by atoms with Gasteiger partial charge in [0.05, 0.1) is 6.61 Å². The molecule has 0 bridgehead atoms. The van der Waals surface area contributed by atoms with Crippen LogP contribution in [0.5, 0.6) is 0 Å². The molecular formula is C19H31N3O3. The minimum Gasteiger partial charge on any atom is -0.383 e. The molecule has 1 aromatic carbocycles. The van der Waals surface area contributed by atoms with Gasteiger partial charge in [-0.15, -0.1) is 0 Å². The summed E-state index contributed by atoms with van der Waals surface area (Å²) in [4.78, 5) is 26.4. The monoisotopic (exact) mass is 349 g/mol. The lowest BCUT2D eigenvalue weighted by atomic mass is 9.96. The number of methoxy groups -OCH3 is 1. The predicted octanol–water partition coefficient (Wildman–Crippen LogP) is 1.77. The first-order chi connectivity index (χ1) is 11.7. The van der Waals surface area contributed by atoms with Crippen molar-refractivity contribution in [2.75, 3.05) is 46.9 Å². The zero-order valence-electron chi connectivity index (χ0n) is 16.0. The molecule has 0 radical (unpaired) electrons. The molecule has 0 atom stereocenters. The lowest BCUT2D eigenvalue weighted by Gasteiger charge is -2.26. The highest BCUT2D eigenvalue weighted by atomic mass is 16.5. The lowest BCUT2D eigenvalue weighted by molar-refractivity contribution is 0.0745. The Morgan fingerprint density at radius 3 is 2.44 bits per heavy atom. The first-order valence-corrected chi connectivity index (χ1v) is 8.58. The number of benzene rings is 1. The van der Waals surface area contributed by atoms with E-state index in [9.17, 15) is 9.59 Å². The fourth-order valence-corrected chi connectivity index (χ4v) is 2.46. The second-order valence-corrected chi connectivity index (χ2v) is 7.30. The molecule has 2 N–H and O–H groups in total. The summed E-state index contributed by atoms with van der Waals surface area (Å²) in [6, 6.07) is 6.85. The fraction of sp³-hybridized carbons (Fsp3) is 0.579. The van der Waals surface area contributed by atoms with E-state index < -0.39 is 0 Å². The van der Waals surface area contributed by atoms with Crippen molar-refractivity contribution in [3.05, 3.63) is 35.4 Å². The van der Waals surface area contributed by atoms with Gasteiger partial charge >= 0.3 is 0 Å². The van der Waals surface area contributed by atoms with Crippen molar-refractivity contribution in [1.29, 1.82) is 0 Å². The van der Waals surface area contributed by atoms with Crippen LogP contribution in [0.15, 0.2) is 24.3 Å². The molecule has 140 valence electrons. The van der Waals surface area contributed by atoms with Crippen LogP contribution in [0.3, 0.4) is 0 Å². The Labute approximate surface area is 150 Å². The van der Waals surface area contributed by atoms with Gasteiger partial charge in [-0.1, -0.05) is 26.8 Å². The first kappa shape index (κ1) is 21.1. The smallest absolute Gasteiger partial charge is 0.253 e. The van der Waals surface area contributed by atoms with Crippen molar-refractivity contribution in [2.24, 2.45) is 5.41 Å². The van der Waals surface area contributed by atoms with Crippen LogP contribution in [-0.4, -0.2) is 63.7 Å². The van der Waals surface area contributed by atoms with Gasteiger partial charge in [0.15, 0.2) is 0 Å². The quantitative estimate of drug-likeness (QED) is 0.667. The van der Waals surface area contributed by atoms with Crippen LogP contribution in [0.25, 0.3) is 0 Å². The van der Waals surface area contributed by atoms with Gasteiger partial charge in [-0.25, -0.2) is 0 Å². The van der Waals surface area contributed by atoms with Crippen LogP contribution < -0.4 is 10.6 Å². The molecule has 1 rings (SSSR count). The van der Waals surface area contributed by atoms with Crippen molar-refractivity contribution < 1.29 is 14.3 Å². The third kappa shape index (κ3) is 8.14. The minimum atomic E-state index is -0.179. The summed E-state index contributed by atoms with van der Waals surface area (Å²) in [5.41, 5.74) is 1.04. The van der Waals surface area contributed by atoms with Gasteiger partial charge in [0.2, 0.25) is 0 Å². The van der Waals surface area contributed by atoms with Crippen LogP contribution in [0.1, 0.15) is 41.5 Å². The van der Waals surface area contributed by atoms with Gasteiger partial charge < -0.3 is 20.3 Å². The topological polar surface area (TPSA) is 70.7 Å². The Balaban J connectivity index is 2.58. The van der Waals surface area contributed by atoms with E-state index in [1.807, 2.05) is 0 Å². The number of amides is 2. The maximum atomic E-state index is 12.5. The van der Waals surface area contributed by atoms with Crippen molar-refractivity contribution in [3.63, 3.8) is 0 Å². The largest absolute Gasteiger partial charge is 0.383 e. The van der Waals surface area contributed by atoms with Crippen LogP contribution in [0.4, 0.5) is 0 Å². The molecule has 0 aliphatic heterocycles. The molecule has 0 unspecified atom stereocenters. The summed E-state index contributed by atoms with van der Waals surface area (Å²) in [7, 11) is 3.43. The molecule has 0 heterocycles. The number of carbonyl (C=O) groups excluding carboxylic acids is 2. The third-order valence-electron chi connectivity index (χ3n) is 3.50. The summed E-state index contributed by atoms with van der Waals surface area (Å²) in [5.74, 6) is -0.257. The summed E-state index contributed by atoms with van der Waals surface area (Å²) in [6.07, 6.45) is 0. The number of carbonyl (C=O) groups is 2. The zero-order valence-corrected chi connectivity index (χ0v) is 16.0.